The molecule has 1 aliphatic heterocycles. The molecule has 104 valence electrons. The fraction of sp³-hybridized carbons (Fsp3) is 0.571. The minimum atomic E-state index is -0.0368. The van der Waals surface area contributed by atoms with Crippen molar-refractivity contribution >= 4 is 11.6 Å². The van der Waals surface area contributed by atoms with E-state index in [2.05, 4.69) is 16.9 Å². The average Bonchev–Trinajstić information content (AvgIpc) is 2.37. The molecule has 1 unspecified atom stereocenters. The molecule has 1 atom stereocenters. The van der Waals surface area contributed by atoms with Gasteiger partial charge in [0.05, 0.1) is 5.56 Å². The number of amides is 1. The Bertz CT molecular complexity index is 475. The van der Waals surface area contributed by atoms with Crippen LogP contribution in [-0.4, -0.2) is 53.9 Å². The molecule has 0 spiro atoms. The van der Waals surface area contributed by atoms with Crippen LogP contribution >= 0.6 is 0 Å². The van der Waals surface area contributed by atoms with Crippen LogP contribution in [0, 0.1) is 6.92 Å². The van der Waals surface area contributed by atoms with Gasteiger partial charge < -0.3 is 15.5 Å². The van der Waals surface area contributed by atoms with Crippen LogP contribution in [-0.2, 0) is 0 Å². The van der Waals surface area contributed by atoms with E-state index in [4.69, 9.17) is 5.73 Å². The normalized spacial score (nSPS) is 20.3. The number of aromatic nitrogens is 1. The number of rotatable bonds is 2. The summed E-state index contributed by atoms with van der Waals surface area (Å²) in [4.78, 5) is 20.7. The molecule has 0 bridgehead atoms. The Kier molecular flexibility index (Phi) is 4.04. The van der Waals surface area contributed by atoms with Crippen molar-refractivity contribution in [2.24, 2.45) is 0 Å². The maximum Gasteiger partial charge on any atom is 0.257 e. The van der Waals surface area contributed by atoms with Gasteiger partial charge in [0.1, 0.15) is 0 Å². The standard InChI is InChI=1S/C14H22N4O/c1-10-7-13(15)12(8-16-10)14(19)18(3)11-5-4-6-17(2)9-11/h7-8,11H,4-6,9H2,1-3H3,(H2,15,16). The molecule has 2 rings (SSSR count). The van der Waals surface area contributed by atoms with E-state index in [1.807, 2.05) is 14.0 Å². The number of likely N-dealkylation sites (tertiary alicyclic amines) is 1. The van der Waals surface area contributed by atoms with Crippen LogP contribution in [0.25, 0.3) is 0 Å². The summed E-state index contributed by atoms with van der Waals surface area (Å²) in [6.07, 6.45) is 3.75. The fourth-order valence-corrected chi connectivity index (χ4v) is 2.57. The van der Waals surface area contributed by atoms with E-state index >= 15 is 0 Å². The lowest BCUT2D eigenvalue weighted by Gasteiger charge is -2.36. The Balaban J connectivity index is 2.14. The van der Waals surface area contributed by atoms with Gasteiger partial charge in [-0.2, -0.15) is 0 Å². The molecule has 0 aromatic carbocycles. The smallest absolute Gasteiger partial charge is 0.257 e. The molecule has 5 heteroatoms. The van der Waals surface area contributed by atoms with E-state index in [9.17, 15) is 4.79 Å². The molecule has 0 radical (unpaired) electrons. The number of likely N-dealkylation sites (N-methyl/N-ethyl adjacent to an activating group) is 2. The molecular formula is C14H22N4O. The lowest BCUT2D eigenvalue weighted by Crippen LogP contribution is -2.47. The van der Waals surface area contributed by atoms with Gasteiger partial charge >= 0.3 is 0 Å². The van der Waals surface area contributed by atoms with Crippen molar-refractivity contribution in [1.82, 2.24) is 14.8 Å². The molecule has 0 aliphatic carbocycles. The van der Waals surface area contributed by atoms with Gasteiger partial charge in [0.2, 0.25) is 0 Å². The first-order valence-electron chi connectivity index (χ1n) is 6.67. The van der Waals surface area contributed by atoms with Gasteiger partial charge in [0, 0.05) is 37.2 Å². The number of hydrogen-bond donors (Lipinski definition) is 1. The zero-order valence-electron chi connectivity index (χ0n) is 11.9. The minimum Gasteiger partial charge on any atom is -0.398 e. The van der Waals surface area contributed by atoms with Gasteiger partial charge in [-0.15, -0.1) is 0 Å². The van der Waals surface area contributed by atoms with Crippen LogP contribution in [0.15, 0.2) is 12.3 Å². The predicted octanol–water partition coefficient (Wildman–Crippen LogP) is 1.14. The Morgan fingerprint density at radius 2 is 2.32 bits per heavy atom. The molecule has 19 heavy (non-hydrogen) atoms. The highest BCUT2D eigenvalue weighted by molar-refractivity contribution is 5.98. The third kappa shape index (κ3) is 3.04. The number of pyridine rings is 1. The Labute approximate surface area is 114 Å². The third-order valence-corrected chi connectivity index (χ3v) is 3.77. The number of nitrogens with zero attached hydrogens (tertiary/aromatic N) is 3. The van der Waals surface area contributed by atoms with Gasteiger partial charge in [-0.05, 0) is 39.4 Å². The van der Waals surface area contributed by atoms with Gasteiger partial charge in [-0.3, -0.25) is 9.78 Å². The number of piperidine rings is 1. The number of anilines is 1. The monoisotopic (exact) mass is 262 g/mol. The molecular weight excluding hydrogens is 240 g/mol. The van der Waals surface area contributed by atoms with Crippen molar-refractivity contribution in [1.29, 1.82) is 0 Å². The molecule has 0 saturated carbocycles. The molecule has 1 aromatic rings. The third-order valence-electron chi connectivity index (χ3n) is 3.77. The first-order valence-corrected chi connectivity index (χ1v) is 6.67. The van der Waals surface area contributed by atoms with E-state index < -0.39 is 0 Å². The zero-order chi connectivity index (χ0) is 14.0. The van der Waals surface area contributed by atoms with Gasteiger partial charge in [-0.1, -0.05) is 0 Å². The minimum absolute atomic E-state index is 0.0368. The van der Waals surface area contributed by atoms with E-state index in [-0.39, 0.29) is 11.9 Å². The van der Waals surface area contributed by atoms with E-state index in [1.165, 1.54) is 0 Å². The van der Waals surface area contributed by atoms with Crippen LogP contribution in [0.5, 0.6) is 0 Å². The summed E-state index contributed by atoms with van der Waals surface area (Å²) in [7, 11) is 3.94. The maximum absolute atomic E-state index is 12.5. The second kappa shape index (κ2) is 5.57. The quantitative estimate of drug-likeness (QED) is 0.868. The Morgan fingerprint density at radius 1 is 1.58 bits per heavy atom. The number of carbonyl (C=O) groups excluding carboxylic acids is 1. The van der Waals surface area contributed by atoms with Crippen LogP contribution in [0.1, 0.15) is 28.9 Å². The first kappa shape index (κ1) is 13.8. The number of nitrogen functional groups attached to an aromatic ring is 1. The van der Waals surface area contributed by atoms with Crippen LogP contribution in [0.4, 0.5) is 5.69 Å². The fourth-order valence-electron chi connectivity index (χ4n) is 2.57. The lowest BCUT2D eigenvalue weighted by molar-refractivity contribution is 0.0644. The van der Waals surface area contributed by atoms with E-state index in [1.54, 1.807) is 17.2 Å². The van der Waals surface area contributed by atoms with Crippen LogP contribution < -0.4 is 5.73 Å². The second-order valence-electron chi connectivity index (χ2n) is 5.39. The van der Waals surface area contributed by atoms with E-state index in [0.717, 1.165) is 31.6 Å². The summed E-state index contributed by atoms with van der Waals surface area (Å²) in [5, 5.41) is 0. The van der Waals surface area contributed by atoms with E-state index in [0.29, 0.717) is 11.3 Å². The van der Waals surface area contributed by atoms with Crippen LogP contribution in [0.3, 0.4) is 0 Å². The lowest BCUT2D eigenvalue weighted by atomic mass is 10.0. The number of nitrogens with two attached hydrogens (primary N) is 1. The Morgan fingerprint density at radius 3 is 2.95 bits per heavy atom. The summed E-state index contributed by atoms with van der Waals surface area (Å²) < 4.78 is 0. The summed E-state index contributed by atoms with van der Waals surface area (Å²) in [6.45, 7) is 3.89. The first-order chi connectivity index (χ1) is 8.99. The largest absolute Gasteiger partial charge is 0.398 e. The summed E-state index contributed by atoms with van der Waals surface area (Å²) in [5.41, 5.74) is 7.76. The van der Waals surface area contributed by atoms with Gasteiger partial charge in [0.25, 0.3) is 5.91 Å². The van der Waals surface area contributed by atoms with Crippen molar-refractivity contribution in [3.63, 3.8) is 0 Å². The average molecular weight is 262 g/mol. The summed E-state index contributed by atoms with van der Waals surface area (Å²) in [5.74, 6) is -0.0368. The predicted molar refractivity (Wildman–Crippen MR) is 76.0 cm³/mol. The van der Waals surface area contributed by atoms with Gasteiger partial charge in [0.15, 0.2) is 0 Å². The summed E-state index contributed by atoms with van der Waals surface area (Å²) in [6, 6.07) is 2.00. The molecule has 1 aliphatic rings. The van der Waals surface area contributed by atoms with Crippen molar-refractivity contribution in [2.75, 3.05) is 32.9 Å². The highest BCUT2D eigenvalue weighted by atomic mass is 16.2. The molecule has 1 saturated heterocycles. The van der Waals surface area contributed by atoms with Crippen LogP contribution in [0.2, 0.25) is 0 Å². The SMILES string of the molecule is Cc1cc(N)c(C(=O)N(C)C2CCCN(C)C2)cn1. The van der Waals surface area contributed by atoms with Gasteiger partial charge in [-0.25, -0.2) is 0 Å². The number of aryl methyl sites for hydroxylation is 1. The van der Waals surface area contributed by atoms with Crippen molar-refractivity contribution in [2.45, 2.75) is 25.8 Å². The molecule has 1 aromatic heterocycles. The Hall–Kier alpha value is -1.62. The van der Waals surface area contributed by atoms with Crippen molar-refractivity contribution in [3.05, 3.63) is 23.5 Å². The number of hydrogen-bond acceptors (Lipinski definition) is 4. The maximum atomic E-state index is 12.5. The zero-order valence-corrected chi connectivity index (χ0v) is 11.9. The highest BCUT2D eigenvalue weighted by Gasteiger charge is 2.26. The highest BCUT2D eigenvalue weighted by Crippen LogP contribution is 2.19. The second-order valence-corrected chi connectivity index (χ2v) is 5.39. The molecule has 1 fully saturated rings. The molecule has 5 nitrogen and oxygen atoms in total. The molecule has 2 N–H and O–H groups in total. The van der Waals surface area contributed by atoms with Crippen molar-refractivity contribution < 1.29 is 4.79 Å². The molecule has 2 heterocycles. The molecule has 1 amide bonds. The number of carbonyl (C=O) groups is 1. The van der Waals surface area contributed by atoms with Crippen molar-refractivity contribution in [3.8, 4) is 0 Å². The topological polar surface area (TPSA) is 62.5 Å². The summed E-state index contributed by atoms with van der Waals surface area (Å²) >= 11 is 0.